The van der Waals surface area contributed by atoms with Gasteiger partial charge in [-0.2, -0.15) is 5.10 Å². The van der Waals surface area contributed by atoms with Gasteiger partial charge in [0, 0.05) is 17.3 Å². The number of amides is 1. The van der Waals surface area contributed by atoms with Crippen LogP contribution in [0.5, 0.6) is 5.88 Å². The monoisotopic (exact) mass is 368 g/mol. The van der Waals surface area contributed by atoms with Gasteiger partial charge in [-0.3, -0.25) is 14.8 Å². The Bertz CT molecular complexity index is 806. The highest BCUT2D eigenvalue weighted by Crippen LogP contribution is 2.47. The van der Waals surface area contributed by atoms with Crippen molar-refractivity contribution in [2.24, 2.45) is 11.8 Å². The van der Waals surface area contributed by atoms with E-state index >= 15 is 0 Å². The predicted molar refractivity (Wildman–Crippen MR) is 104 cm³/mol. The molecule has 0 saturated heterocycles. The van der Waals surface area contributed by atoms with Crippen molar-refractivity contribution in [3.63, 3.8) is 0 Å². The lowest BCUT2D eigenvalue weighted by Gasteiger charge is -2.34. The van der Waals surface area contributed by atoms with Gasteiger partial charge in [0.2, 0.25) is 5.88 Å². The number of carbonyl (C=O) groups excluding carboxylic acids is 1. The van der Waals surface area contributed by atoms with Gasteiger partial charge in [0.15, 0.2) is 5.69 Å². The average Bonchev–Trinajstić information content (AvgIpc) is 3.21. The van der Waals surface area contributed by atoms with Gasteiger partial charge in [-0.1, -0.05) is 33.1 Å². The highest BCUT2D eigenvalue weighted by atomic mass is 16.5. The van der Waals surface area contributed by atoms with Gasteiger partial charge in [0.25, 0.3) is 5.91 Å². The van der Waals surface area contributed by atoms with Crippen LogP contribution in [0.3, 0.4) is 0 Å². The van der Waals surface area contributed by atoms with Crippen molar-refractivity contribution in [1.82, 2.24) is 15.2 Å². The minimum absolute atomic E-state index is 0.0150. The molecule has 2 aromatic rings. The summed E-state index contributed by atoms with van der Waals surface area (Å²) in [5.41, 5.74) is 3.66. The fourth-order valence-electron chi connectivity index (χ4n) is 4.61. The zero-order valence-corrected chi connectivity index (χ0v) is 16.4. The van der Waals surface area contributed by atoms with E-state index in [9.17, 15) is 4.79 Å². The van der Waals surface area contributed by atoms with E-state index in [0.29, 0.717) is 23.4 Å². The topological polar surface area (TPSA) is 71.1 Å². The molecule has 2 aliphatic rings. The Morgan fingerprint density at radius 2 is 2.04 bits per heavy atom. The highest BCUT2D eigenvalue weighted by molar-refractivity contribution is 6.10. The van der Waals surface area contributed by atoms with E-state index in [1.807, 2.05) is 17.0 Å². The first-order valence-electron chi connectivity index (χ1n) is 10.0. The van der Waals surface area contributed by atoms with Crippen LogP contribution in [0.4, 0.5) is 5.69 Å². The third-order valence-corrected chi connectivity index (χ3v) is 5.79. The fraction of sp³-hybridized carbons (Fsp3) is 0.571. The smallest absolute Gasteiger partial charge is 0.279 e. The number of aromatic amines is 1. The van der Waals surface area contributed by atoms with Crippen LogP contribution >= 0.6 is 0 Å². The van der Waals surface area contributed by atoms with Crippen LogP contribution in [-0.2, 0) is 6.42 Å². The van der Waals surface area contributed by atoms with Gasteiger partial charge in [0.05, 0.1) is 25.0 Å². The highest BCUT2D eigenvalue weighted by Gasteiger charge is 2.46. The average molecular weight is 368 g/mol. The van der Waals surface area contributed by atoms with Crippen molar-refractivity contribution < 1.29 is 9.53 Å². The zero-order valence-electron chi connectivity index (χ0n) is 16.4. The number of pyridine rings is 1. The molecular weight excluding hydrogens is 340 g/mol. The third-order valence-electron chi connectivity index (χ3n) is 5.79. The van der Waals surface area contributed by atoms with Crippen molar-refractivity contribution in [2.45, 2.75) is 58.4 Å². The van der Waals surface area contributed by atoms with E-state index in [-0.39, 0.29) is 11.9 Å². The van der Waals surface area contributed by atoms with Crippen molar-refractivity contribution in [1.29, 1.82) is 0 Å². The lowest BCUT2D eigenvalue weighted by Crippen LogP contribution is -2.34. The standard InChI is InChI=1S/C21H28N4O2/c1-13(2)11-16-18-19(24-23-16)21(26)25(15-9-10-17(27-3)22-12-15)20(18)14-7-5-4-6-8-14/h9-10,12-14,20H,4-8,11H2,1-3H3,(H,23,24). The Balaban J connectivity index is 1.77. The summed E-state index contributed by atoms with van der Waals surface area (Å²) in [5, 5.41) is 7.59. The van der Waals surface area contributed by atoms with Gasteiger partial charge >= 0.3 is 0 Å². The predicted octanol–water partition coefficient (Wildman–Crippen LogP) is 4.29. The molecule has 144 valence electrons. The Labute approximate surface area is 160 Å². The molecule has 1 amide bonds. The molecular formula is C21H28N4O2. The van der Waals surface area contributed by atoms with Gasteiger partial charge in [-0.05, 0) is 37.2 Å². The number of ether oxygens (including phenoxy) is 1. The van der Waals surface area contributed by atoms with E-state index in [4.69, 9.17) is 4.74 Å². The van der Waals surface area contributed by atoms with Crippen molar-refractivity contribution in [2.75, 3.05) is 12.0 Å². The summed E-state index contributed by atoms with van der Waals surface area (Å²) >= 11 is 0. The maximum Gasteiger partial charge on any atom is 0.279 e. The number of rotatable bonds is 5. The molecule has 1 fully saturated rings. The van der Waals surface area contributed by atoms with Crippen LogP contribution in [0.1, 0.15) is 73.7 Å². The summed E-state index contributed by atoms with van der Waals surface area (Å²) in [7, 11) is 1.60. The molecule has 27 heavy (non-hydrogen) atoms. The lowest BCUT2D eigenvalue weighted by molar-refractivity contribution is 0.0977. The van der Waals surface area contributed by atoms with Crippen LogP contribution in [0, 0.1) is 11.8 Å². The van der Waals surface area contributed by atoms with Crippen LogP contribution in [-0.4, -0.2) is 28.2 Å². The molecule has 1 N–H and O–H groups in total. The number of methoxy groups -OCH3 is 1. The van der Waals surface area contributed by atoms with E-state index in [2.05, 4.69) is 29.0 Å². The molecule has 1 aliphatic carbocycles. The van der Waals surface area contributed by atoms with Crippen LogP contribution in [0.25, 0.3) is 0 Å². The molecule has 1 aliphatic heterocycles. The SMILES string of the molecule is COc1ccc(N2C(=O)c3n[nH]c(CC(C)C)c3C2C2CCCCC2)cn1. The van der Waals surface area contributed by atoms with E-state index in [0.717, 1.165) is 36.2 Å². The molecule has 6 nitrogen and oxygen atoms in total. The quantitative estimate of drug-likeness (QED) is 0.854. The Hall–Kier alpha value is -2.37. The van der Waals surface area contributed by atoms with Gasteiger partial charge in [-0.25, -0.2) is 4.98 Å². The molecule has 0 radical (unpaired) electrons. The van der Waals surface area contributed by atoms with Crippen LogP contribution in [0.15, 0.2) is 18.3 Å². The third kappa shape index (κ3) is 3.22. The number of hydrogen-bond acceptors (Lipinski definition) is 4. The normalized spacial score (nSPS) is 20.4. The largest absolute Gasteiger partial charge is 0.481 e. The molecule has 3 heterocycles. The number of nitrogens with one attached hydrogen (secondary N) is 1. The Morgan fingerprint density at radius 1 is 1.26 bits per heavy atom. The van der Waals surface area contributed by atoms with Crippen molar-refractivity contribution >= 4 is 11.6 Å². The lowest BCUT2D eigenvalue weighted by atomic mass is 9.80. The number of carbonyl (C=O) groups is 1. The van der Waals surface area contributed by atoms with Crippen LogP contribution < -0.4 is 9.64 Å². The second-order valence-electron chi connectivity index (χ2n) is 8.14. The molecule has 0 spiro atoms. The summed E-state index contributed by atoms with van der Waals surface area (Å²) in [6, 6.07) is 3.80. The molecule has 1 saturated carbocycles. The molecule has 4 rings (SSSR count). The van der Waals surface area contributed by atoms with Crippen molar-refractivity contribution in [3.05, 3.63) is 35.3 Å². The minimum Gasteiger partial charge on any atom is -0.481 e. The molecule has 2 aromatic heterocycles. The summed E-state index contributed by atoms with van der Waals surface area (Å²) in [5.74, 6) is 1.51. The van der Waals surface area contributed by atoms with Crippen molar-refractivity contribution in [3.8, 4) is 5.88 Å². The second kappa shape index (κ2) is 7.33. The molecule has 0 bridgehead atoms. The van der Waals surface area contributed by atoms with Crippen LogP contribution in [0.2, 0.25) is 0 Å². The number of anilines is 1. The molecule has 0 aromatic carbocycles. The number of H-pyrrole nitrogens is 1. The second-order valence-corrected chi connectivity index (χ2v) is 8.14. The summed E-state index contributed by atoms with van der Waals surface area (Å²) in [6.45, 7) is 4.40. The summed E-state index contributed by atoms with van der Waals surface area (Å²) in [4.78, 5) is 19.5. The molecule has 1 unspecified atom stereocenters. The zero-order chi connectivity index (χ0) is 19.0. The first-order chi connectivity index (χ1) is 13.1. The van der Waals surface area contributed by atoms with E-state index < -0.39 is 0 Å². The molecule has 1 atom stereocenters. The summed E-state index contributed by atoms with van der Waals surface area (Å²) < 4.78 is 5.18. The maximum atomic E-state index is 13.3. The number of nitrogens with zero attached hydrogens (tertiary/aromatic N) is 3. The number of hydrogen-bond donors (Lipinski definition) is 1. The Kier molecular flexibility index (Phi) is 4.89. The van der Waals surface area contributed by atoms with E-state index in [1.165, 1.54) is 19.3 Å². The minimum atomic E-state index is -0.0150. The van der Waals surface area contributed by atoms with Gasteiger partial charge in [-0.15, -0.1) is 0 Å². The van der Waals surface area contributed by atoms with Gasteiger partial charge < -0.3 is 4.74 Å². The van der Waals surface area contributed by atoms with Gasteiger partial charge in [0.1, 0.15) is 0 Å². The first kappa shape index (κ1) is 18.0. The Morgan fingerprint density at radius 3 is 2.67 bits per heavy atom. The first-order valence-corrected chi connectivity index (χ1v) is 10.0. The summed E-state index contributed by atoms with van der Waals surface area (Å²) in [6.07, 6.45) is 8.72. The number of aromatic nitrogens is 3. The molecule has 6 heteroatoms. The fourth-order valence-corrected chi connectivity index (χ4v) is 4.61. The maximum absolute atomic E-state index is 13.3. The van der Waals surface area contributed by atoms with E-state index in [1.54, 1.807) is 13.3 Å². The number of fused-ring (bicyclic) bond motifs is 1.